The van der Waals surface area contributed by atoms with Crippen LogP contribution in [0.1, 0.15) is 43.5 Å². The van der Waals surface area contributed by atoms with E-state index in [4.69, 9.17) is 17.3 Å². The third-order valence-corrected chi connectivity index (χ3v) is 4.88. The molecule has 0 aromatic heterocycles. The second-order valence-corrected chi connectivity index (χ2v) is 7.49. The number of piperidine rings is 1. The lowest BCUT2D eigenvalue weighted by Crippen LogP contribution is -2.46. The summed E-state index contributed by atoms with van der Waals surface area (Å²) in [6, 6.07) is 4.12. The molecule has 4 N–H and O–H groups in total. The van der Waals surface area contributed by atoms with Gasteiger partial charge >= 0.3 is 0 Å². The zero-order valence-corrected chi connectivity index (χ0v) is 16.5. The van der Waals surface area contributed by atoms with Gasteiger partial charge in [-0.25, -0.2) is 0 Å². The van der Waals surface area contributed by atoms with Crippen molar-refractivity contribution < 1.29 is 14.4 Å². The average molecular weight is 395 g/mol. The largest absolute Gasteiger partial charge is 0.346 e. The number of rotatable bonds is 6. The molecule has 0 radical (unpaired) electrons. The molecule has 27 heavy (non-hydrogen) atoms. The molecule has 1 atom stereocenters. The molecule has 1 fully saturated rings. The van der Waals surface area contributed by atoms with Crippen LogP contribution in [0.3, 0.4) is 0 Å². The van der Waals surface area contributed by atoms with Crippen molar-refractivity contribution in [2.75, 3.05) is 25.0 Å². The molecule has 7 nitrogen and oxygen atoms in total. The predicted octanol–water partition coefficient (Wildman–Crippen LogP) is 2.00. The number of carbonyl (C=O) groups is 3. The van der Waals surface area contributed by atoms with Gasteiger partial charge < -0.3 is 21.3 Å². The van der Waals surface area contributed by atoms with Crippen LogP contribution >= 0.6 is 11.6 Å². The Labute approximate surface area is 164 Å². The fraction of sp³-hybridized carbons (Fsp3) is 0.526. The molecule has 1 heterocycles. The maximum atomic E-state index is 12.5. The lowest BCUT2D eigenvalue weighted by atomic mass is 10.1. The highest BCUT2D eigenvalue weighted by Crippen LogP contribution is 2.23. The number of likely N-dealkylation sites (tertiary alicyclic amines) is 1. The van der Waals surface area contributed by atoms with Crippen LogP contribution in [0, 0.1) is 5.92 Å². The summed E-state index contributed by atoms with van der Waals surface area (Å²) < 4.78 is 0. The van der Waals surface area contributed by atoms with E-state index in [0.29, 0.717) is 11.3 Å². The summed E-state index contributed by atoms with van der Waals surface area (Å²) in [5.41, 5.74) is 6.61. The van der Waals surface area contributed by atoms with Crippen molar-refractivity contribution in [1.29, 1.82) is 0 Å². The van der Waals surface area contributed by atoms with Gasteiger partial charge in [-0.1, -0.05) is 25.4 Å². The normalized spacial score (nSPS) is 15.4. The molecule has 0 aliphatic carbocycles. The molecule has 0 spiro atoms. The topological polar surface area (TPSA) is 105 Å². The summed E-state index contributed by atoms with van der Waals surface area (Å²) >= 11 is 6.25. The number of hydrogen-bond acceptors (Lipinski definition) is 4. The first kappa shape index (κ1) is 21.2. The van der Waals surface area contributed by atoms with Gasteiger partial charge in [0.25, 0.3) is 5.91 Å². The highest BCUT2D eigenvalue weighted by Gasteiger charge is 2.21. The summed E-state index contributed by atoms with van der Waals surface area (Å²) in [6.45, 7) is 4.96. The quantitative estimate of drug-likeness (QED) is 0.686. The molecular formula is C19H27ClN4O3. The minimum Gasteiger partial charge on any atom is -0.346 e. The van der Waals surface area contributed by atoms with Gasteiger partial charge in [0.05, 0.1) is 23.2 Å². The summed E-state index contributed by atoms with van der Waals surface area (Å²) in [5, 5.41) is 5.44. The number of nitrogens with two attached hydrogens (primary N) is 1. The molecule has 2 rings (SSSR count). The number of anilines is 1. The number of benzene rings is 1. The monoisotopic (exact) mass is 394 g/mol. The van der Waals surface area contributed by atoms with Gasteiger partial charge in [0.2, 0.25) is 11.8 Å². The van der Waals surface area contributed by atoms with Gasteiger partial charge in [0.15, 0.2) is 0 Å². The fourth-order valence-corrected chi connectivity index (χ4v) is 3.09. The van der Waals surface area contributed by atoms with Gasteiger partial charge in [0.1, 0.15) is 0 Å². The van der Waals surface area contributed by atoms with Gasteiger partial charge in [-0.3, -0.25) is 14.4 Å². The van der Waals surface area contributed by atoms with Crippen molar-refractivity contribution in [1.82, 2.24) is 10.2 Å². The van der Waals surface area contributed by atoms with Crippen LogP contribution in [0.4, 0.5) is 5.69 Å². The van der Waals surface area contributed by atoms with Crippen LogP contribution in [0.15, 0.2) is 18.2 Å². The Hall–Kier alpha value is -2.12. The van der Waals surface area contributed by atoms with E-state index >= 15 is 0 Å². The second kappa shape index (κ2) is 9.71. The van der Waals surface area contributed by atoms with Crippen LogP contribution < -0.4 is 16.4 Å². The van der Waals surface area contributed by atoms with E-state index in [9.17, 15) is 14.4 Å². The van der Waals surface area contributed by atoms with Crippen molar-refractivity contribution in [3.05, 3.63) is 28.8 Å². The van der Waals surface area contributed by atoms with E-state index in [1.54, 1.807) is 17.0 Å². The maximum absolute atomic E-state index is 12.5. The molecule has 1 aromatic rings. The van der Waals surface area contributed by atoms with Gasteiger partial charge in [-0.15, -0.1) is 0 Å². The molecule has 1 saturated heterocycles. The zero-order valence-electron chi connectivity index (χ0n) is 15.8. The third kappa shape index (κ3) is 5.94. The Balaban J connectivity index is 1.92. The number of nitrogens with zero attached hydrogens (tertiary/aromatic N) is 1. The average Bonchev–Trinajstić information content (AvgIpc) is 2.65. The lowest BCUT2D eigenvalue weighted by Gasteiger charge is -2.27. The molecule has 8 heteroatoms. The third-order valence-electron chi connectivity index (χ3n) is 4.57. The smallest absolute Gasteiger partial charge is 0.255 e. The van der Waals surface area contributed by atoms with Crippen LogP contribution in [-0.2, 0) is 9.59 Å². The minimum absolute atomic E-state index is 0.0168. The SMILES string of the molecule is CC(C)[C@H](N)C(=O)NCC(=O)Nc1ccc(C(=O)N2CCCCC2)c(Cl)c1. The number of hydrogen-bond donors (Lipinski definition) is 3. The number of halogens is 1. The fourth-order valence-electron chi connectivity index (χ4n) is 2.83. The molecule has 3 amide bonds. The minimum atomic E-state index is -0.660. The Bertz CT molecular complexity index is 702. The first-order valence-electron chi connectivity index (χ1n) is 9.21. The summed E-state index contributed by atoms with van der Waals surface area (Å²) in [4.78, 5) is 38.1. The van der Waals surface area contributed by atoms with Gasteiger partial charge in [-0.2, -0.15) is 0 Å². The van der Waals surface area contributed by atoms with Crippen molar-refractivity contribution in [3.63, 3.8) is 0 Å². The first-order valence-corrected chi connectivity index (χ1v) is 9.59. The summed E-state index contributed by atoms with van der Waals surface area (Å²) in [7, 11) is 0. The Morgan fingerprint density at radius 3 is 2.44 bits per heavy atom. The van der Waals surface area contributed by atoms with Crippen LogP contribution in [0.25, 0.3) is 0 Å². The molecular weight excluding hydrogens is 368 g/mol. The highest BCUT2D eigenvalue weighted by molar-refractivity contribution is 6.34. The molecule has 148 valence electrons. The number of carbonyl (C=O) groups excluding carboxylic acids is 3. The second-order valence-electron chi connectivity index (χ2n) is 7.08. The standard InChI is InChI=1S/C19H27ClN4O3/c1-12(2)17(21)18(26)22-11-16(25)23-13-6-7-14(15(20)10-13)19(27)24-8-4-3-5-9-24/h6-7,10,12,17H,3-5,8-9,11,21H2,1-2H3,(H,22,26)(H,23,25)/t17-/m0/s1. The van der Waals surface area contributed by atoms with Crippen LogP contribution in [0.5, 0.6) is 0 Å². The van der Waals surface area contributed by atoms with Gasteiger partial charge in [-0.05, 0) is 43.4 Å². The molecule has 1 aliphatic rings. The summed E-state index contributed by atoms with van der Waals surface area (Å²) in [5.74, 6) is -0.879. The Morgan fingerprint density at radius 2 is 1.85 bits per heavy atom. The van der Waals surface area contributed by atoms with E-state index in [0.717, 1.165) is 32.4 Å². The van der Waals surface area contributed by atoms with Crippen molar-refractivity contribution in [2.24, 2.45) is 11.7 Å². The maximum Gasteiger partial charge on any atom is 0.255 e. The zero-order chi connectivity index (χ0) is 20.0. The Morgan fingerprint density at radius 1 is 1.19 bits per heavy atom. The van der Waals surface area contributed by atoms with E-state index in [2.05, 4.69) is 10.6 Å². The van der Waals surface area contributed by atoms with E-state index in [1.165, 1.54) is 6.07 Å². The van der Waals surface area contributed by atoms with Crippen molar-refractivity contribution in [3.8, 4) is 0 Å². The Kier molecular flexibility index (Phi) is 7.62. The van der Waals surface area contributed by atoms with E-state index in [1.807, 2.05) is 13.8 Å². The van der Waals surface area contributed by atoms with Crippen molar-refractivity contribution >= 4 is 35.0 Å². The molecule has 1 aliphatic heterocycles. The van der Waals surface area contributed by atoms with E-state index in [-0.39, 0.29) is 29.3 Å². The first-order chi connectivity index (χ1) is 12.8. The molecule has 0 unspecified atom stereocenters. The summed E-state index contributed by atoms with van der Waals surface area (Å²) in [6.07, 6.45) is 3.15. The number of amides is 3. The lowest BCUT2D eigenvalue weighted by molar-refractivity contribution is -0.125. The van der Waals surface area contributed by atoms with Crippen molar-refractivity contribution in [2.45, 2.75) is 39.2 Å². The van der Waals surface area contributed by atoms with Crippen LogP contribution in [-0.4, -0.2) is 48.3 Å². The highest BCUT2D eigenvalue weighted by atomic mass is 35.5. The molecule has 1 aromatic carbocycles. The predicted molar refractivity (Wildman–Crippen MR) is 106 cm³/mol. The van der Waals surface area contributed by atoms with Crippen LogP contribution in [0.2, 0.25) is 5.02 Å². The van der Waals surface area contributed by atoms with E-state index < -0.39 is 11.9 Å². The van der Waals surface area contributed by atoms with Gasteiger partial charge in [0, 0.05) is 18.8 Å². The number of nitrogens with one attached hydrogen (secondary N) is 2. The molecule has 0 saturated carbocycles. The molecule has 0 bridgehead atoms.